The van der Waals surface area contributed by atoms with Crippen LogP contribution in [0.2, 0.25) is 0 Å². The molecule has 0 fully saturated rings. The van der Waals surface area contributed by atoms with E-state index in [2.05, 4.69) is 35.9 Å². The second-order valence-corrected chi connectivity index (χ2v) is 10.2. The maximum absolute atomic E-state index is 12.2. The Kier molecular flexibility index (Phi) is 24.4. The number of allylic oxidation sites excluding steroid dienone is 2. The highest BCUT2D eigenvalue weighted by Crippen LogP contribution is 2.40. The molecule has 5 N–H and O–H groups in total. The van der Waals surface area contributed by atoms with Gasteiger partial charge in [0.25, 0.3) is 0 Å². The summed E-state index contributed by atoms with van der Waals surface area (Å²) < 4.78 is 32.0. The van der Waals surface area contributed by atoms with Gasteiger partial charge in [0.2, 0.25) is 10.4 Å². The maximum Gasteiger partial charge on any atom is 0.315 e. The van der Waals surface area contributed by atoms with Gasteiger partial charge in [-0.3, -0.25) is 9.92 Å². The molecule has 0 spiro atoms. The third kappa shape index (κ3) is 20.0. The predicted octanol–water partition coefficient (Wildman–Crippen LogP) is 4.27. The zero-order valence-electron chi connectivity index (χ0n) is 22.5. The van der Waals surface area contributed by atoms with Gasteiger partial charge in [-0.1, -0.05) is 77.4 Å². The SMILES string of the molecule is CCCCCCCC/C=C\CCCCCC(CC)C(CCO)(CCO)C([NH3+])=O.CCOS(=O)(=O)[O-]. The summed E-state index contributed by atoms with van der Waals surface area (Å²) in [5.74, 6) is 0.0696. The molecular weight excluding hydrogens is 470 g/mol. The van der Waals surface area contributed by atoms with Crippen LogP contribution in [0.1, 0.15) is 117 Å². The molecule has 1 atom stereocenters. The second kappa shape index (κ2) is 23.6. The van der Waals surface area contributed by atoms with Crippen LogP contribution in [0.25, 0.3) is 0 Å². The van der Waals surface area contributed by atoms with E-state index in [1.54, 1.807) is 0 Å². The van der Waals surface area contributed by atoms with Crippen LogP contribution in [0, 0.1) is 11.3 Å². The Hall–Kier alpha value is -0.840. The first-order chi connectivity index (χ1) is 16.6. The monoisotopic (exact) mass is 523 g/mol. The number of hydrogen-bond donors (Lipinski definition) is 3. The molecule has 0 saturated carbocycles. The molecule has 1 unspecified atom stereocenters. The summed E-state index contributed by atoms with van der Waals surface area (Å²) >= 11 is 0. The fraction of sp³-hybridized carbons (Fsp3) is 0.885. The van der Waals surface area contributed by atoms with Gasteiger partial charge in [-0.05, 0) is 57.8 Å². The van der Waals surface area contributed by atoms with E-state index >= 15 is 0 Å². The van der Waals surface area contributed by atoms with Gasteiger partial charge in [-0.25, -0.2) is 13.2 Å². The van der Waals surface area contributed by atoms with E-state index in [-0.39, 0.29) is 31.6 Å². The molecular formula is C26H53NO7S. The van der Waals surface area contributed by atoms with Gasteiger partial charge in [0.15, 0.2) is 0 Å². The number of hydrogen-bond acceptors (Lipinski definition) is 7. The van der Waals surface area contributed by atoms with Crippen LogP contribution in [0.4, 0.5) is 0 Å². The second-order valence-electron chi connectivity index (χ2n) is 9.11. The Labute approximate surface area is 214 Å². The van der Waals surface area contributed by atoms with Crippen LogP contribution >= 0.6 is 0 Å². The van der Waals surface area contributed by atoms with Gasteiger partial charge < -0.3 is 14.8 Å². The van der Waals surface area contributed by atoms with Crippen LogP contribution in [0.5, 0.6) is 0 Å². The number of unbranched alkanes of at least 4 members (excludes halogenated alkanes) is 9. The number of amides is 1. The molecule has 0 bridgehead atoms. The Bertz CT molecular complexity index is 617. The molecule has 0 aromatic heterocycles. The van der Waals surface area contributed by atoms with E-state index in [4.69, 9.17) is 0 Å². The lowest BCUT2D eigenvalue weighted by molar-refractivity contribution is -0.324. The van der Waals surface area contributed by atoms with Gasteiger partial charge in [-0.2, -0.15) is 0 Å². The molecule has 0 radical (unpaired) electrons. The molecule has 0 heterocycles. The number of aliphatic hydroxyl groups is 2. The van der Waals surface area contributed by atoms with Crippen molar-refractivity contribution in [2.45, 2.75) is 117 Å². The van der Waals surface area contributed by atoms with Crippen molar-refractivity contribution in [1.82, 2.24) is 0 Å². The first-order valence-corrected chi connectivity index (χ1v) is 14.8. The van der Waals surface area contributed by atoms with Crippen molar-refractivity contribution < 1.29 is 37.9 Å². The van der Waals surface area contributed by atoms with Crippen molar-refractivity contribution in [2.24, 2.45) is 11.3 Å². The van der Waals surface area contributed by atoms with Gasteiger partial charge in [0, 0.05) is 13.2 Å². The van der Waals surface area contributed by atoms with E-state index in [1.807, 2.05) is 0 Å². The van der Waals surface area contributed by atoms with E-state index in [9.17, 15) is 28.0 Å². The van der Waals surface area contributed by atoms with Crippen LogP contribution in [-0.2, 0) is 19.4 Å². The average Bonchev–Trinajstić information content (AvgIpc) is 2.79. The zero-order chi connectivity index (χ0) is 27.0. The third-order valence-electron chi connectivity index (χ3n) is 6.52. The van der Waals surface area contributed by atoms with Gasteiger partial charge in [0.05, 0.1) is 12.0 Å². The van der Waals surface area contributed by atoms with Crippen molar-refractivity contribution in [3.63, 3.8) is 0 Å². The molecule has 35 heavy (non-hydrogen) atoms. The fourth-order valence-corrected chi connectivity index (χ4v) is 4.85. The Morgan fingerprint density at radius 2 is 1.40 bits per heavy atom. The lowest BCUT2D eigenvalue weighted by Gasteiger charge is -2.35. The topological polar surface area (TPSA) is 152 Å². The van der Waals surface area contributed by atoms with Crippen molar-refractivity contribution >= 4 is 16.3 Å². The molecule has 0 aliphatic heterocycles. The molecule has 210 valence electrons. The quantitative estimate of drug-likeness (QED) is 0.0829. The number of rotatable bonds is 22. The molecule has 0 rings (SSSR count). The normalized spacial score (nSPS) is 13.0. The molecule has 0 aliphatic rings. The van der Waals surface area contributed by atoms with Crippen LogP contribution in [0.3, 0.4) is 0 Å². The number of aliphatic hydroxyl groups excluding tert-OH is 2. The Balaban J connectivity index is 0. The van der Waals surface area contributed by atoms with E-state index in [0.717, 1.165) is 32.1 Å². The van der Waals surface area contributed by atoms with E-state index < -0.39 is 15.8 Å². The lowest BCUT2D eigenvalue weighted by Crippen LogP contribution is -2.67. The molecule has 0 aromatic rings. The number of quaternary nitrogens is 1. The molecule has 9 heteroatoms. The van der Waals surface area contributed by atoms with Crippen molar-refractivity contribution in [3.8, 4) is 0 Å². The van der Waals surface area contributed by atoms with Crippen LogP contribution in [0.15, 0.2) is 12.2 Å². The largest absolute Gasteiger partial charge is 0.726 e. The summed E-state index contributed by atoms with van der Waals surface area (Å²) in [7, 11) is -4.42. The summed E-state index contributed by atoms with van der Waals surface area (Å²) in [4.78, 5) is 12.2. The molecule has 0 aliphatic carbocycles. The van der Waals surface area contributed by atoms with Crippen LogP contribution in [-0.4, -0.2) is 48.9 Å². The summed E-state index contributed by atoms with van der Waals surface area (Å²) in [5.41, 5.74) is 3.00. The van der Waals surface area contributed by atoms with Gasteiger partial charge in [-0.15, -0.1) is 0 Å². The molecule has 0 aromatic carbocycles. The minimum Gasteiger partial charge on any atom is -0.726 e. The van der Waals surface area contributed by atoms with E-state index in [0.29, 0.717) is 12.8 Å². The van der Waals surface area contributed by atoms with Gasteiger partial charge >= 0.3 is 5.91 Å². The van der Waals surface area contributed by atoms with Crippen LogP contribution < -0.4 is 5.73 Å². The lowest BCUT2D eigenvalue weighted by atomic mass is 9.67. The summed E-state index contributed by atoms with van der Waals surface area (Å²) in [5, 5.41) is 18.9. The minimum atomic E-state index is -4.42. The first-order valence-electron chi connectivity index (χ1n) is 13.5. The highest BCUT2D eigenvalue weighted by atomic mass is 32.3. The van der Waals surface area contributed by atoms with Crippen molar-refractivity contribution in [3.05, 3.63) is 12.2 Å². The highest BCUT2D eigenvalue weighted by Gasteiger charge is 2.44. The zero-order valence-corrected chi connectivity index (χ0v) is 23.3. The Morgan fingerprint density at radius 1 is 0.914 bits per heavy atom. The Morgan fingerprint density at radius 3 is 1.77 bits per heavy atom. The number of carbonyl (C=O) groups is 1. The predicted molar refractivity (Wildman–Crippen MR) is 139 cm³/mol. The standard InChI is InChI=1S/C24H47NO3.C2H6O4S/c1-3-5-6-7-8-9-10-11-12-13-14-15-16-17-22(4-2)24(18-20-26,19-21-27)23(25)28;1-2-6-7(3,4)5/h11-12,22,26-27H,3-10,13-21H2,1-2H3,(H2,25,28);2H2,1H3,(H,3,4,5)/b12-11-;. The van der Waals surface area contributed by atoms with Crippen molar-refractivity contribution in [1.29, 1.82) is 0 Å². The first kappa shape index (κ1) is 36.3. The fourth-order valence-electron chi connectivity index (χ4n) is 4.56. The summed E-state index contributed by atoms with van der Waals surface area (Å²) in [6.07, 6.45) is 21.3. The highest BCUT2D eigenvalue weighted by molar-refractivity contribution is 7.80. The number of carbonyl (C=O) groups excluding carboxylic acids is 1. The molecule has 8 nitrogen and oxygen atoms in total. The third-order valence-corrected chi connectivity index (χ3v) is 7.05. The summed E-state index contributed by atoms with van der Waals surface area (Å²) in [6, 6.07) is 0. The smallest absolute Gasteiger partial charge is 0.315 e. The molecule has 1 amide bonds. The van der Waals surface area contributed by atoms with Gasteiger partial charge in [0.1, 0.15) is 0 Å². The minimum absolute atomic E-state index is 0.0266. The van der Waals surface area contributed by atoms with Crippen molar-refractivity contribution in [2.75, 3.05) is 19.8 Å². The summed E-state index contributed by atoms with van der Waals surface area (Å²) in [6.45, 7) is 5.64. The molecule has 0 saturated heterocycles. The van der Waals surface area contributed by atoms with E-state index in [1.165, 1.54) is 58.3 Å². The maximum atomic E-state index is 12.2. The average molecular weight is 524 g/mol.